The minimum absolute atomic E-state index is 0.0557. The number of anilines is 1. The third-order valence-electron chi connectivity index (χ3n) is 3.01. The molecule has 0 unspecified atom stereocenters. The molecule has 0 aliphatic rings. The molecule has 2 rings (SSSR count). The number of carbonyl (C=O) groups excluding carboxylic acids is 1. The van der Waals surface area contributed by atoms with Gasteiger partial charge in [-0.05, 0) is 48.4 Å². The van der Waals surface area contributed by atoms with Crippen LogP contribution in [0, 0.1) is 0 Å². The monoisotopic (exact) mass is 349 g/mol. The van der Waals surface area contributed by atoms with Gasteiger partial charge in [-0.3, -0.25) is 5.43 Å². The number of hydrogen-bond acceptors (Lipinski definition) is 6. The van der Waals surface area contributed by atoms with E-state index in [-0.39, 0.29) is 17.1 Å². The number of benzene rings is 2. The van der Waals surface area contributed by atoms with E-state index < -0.39 is 12.6 Å². The normalized spacial score (nSPS) is 10.9. The van der Waals surface area contributed by atoms with Gasteiger partial charge in [0.2, 0.25) is 0 Å². The molecule has 0 heterocycles. The molecule has 2 aromatic carbocycles. The topological polar surface area (TPSA) is 83.0 Å². The van der Waals surface area contributed by atoms with Crippen LogP contribution in [0.1, 0.15) is 22.8 Å². The molecule has 6 nitrogen and oxygen atoms in total. The molecule has 1 N–H and O–H groups in total. The van der Waals surface area contributed by atoms with Crippen LogP contribution in [0.2, 0.25) is 0 Å². The zero-order valence-corrected chi connectivity index (χ0v) is 13.2. The molecular formula is C17H15F2N2O4-. The Kier molecular flexibility index (Phi) is 6.27. The van der Waals surface area contributed by atoms with E-state index in [1.54, 1.807) is 13.0 Å². The summed E-state index contributed by atoms with van der Waals surface area (Å²) in [5.74, 6) is -1.13. The summed E-state index contributed by atoms with van der Waals surface area (Å²) in [6.07, 6.45) is 1.46. The third kappa shape index (κ3) is 5.45. The largest absolute Gasteiger partial charge is 0.545 e. The van der Waals surface area contributed by atoms with Crippen LogP contribution in [-0.4, -0.2) is 25.4 Å². The summed E-state index contributed by atoms with van der Waals surface area (Å²) >= 11 is 0. The fraction of sp³-hybridized carbons (Fsp3) is 0.176. The first-order valence-electron chi connectivity index (χ1n) is 7.31. The van der Waals surface area contributed by atoms with Gasteiger partial charge in [0.25, 0.3) is 0 Å². The molecule has 0 aliphatic heterocycles. The molecule has 0 fully saturated rings. The number of hydrazone groups is 1. The highest BCUT2D eigenvalue weighted by Gasteiger charge is 2.11. The smallest absolute Gasteiger partial charge is 0.387 e. The van der Waals surface area contributed by atoms with Crippen LogP contribution >= 0.6 is 0 Å². The minimum atomic E-state index is -2.94. The van der Waals surface area contributed by atoms with E-state index in [2.05, 4.69) is 15.3 Å². The molecule has 8 heteroatoms. The lowest BCUT2D eigenvalue weighted by Gasteiger charge is -2.11. The van der Waals surface area contributed by atoms with Crippen LogP contribution in [-0.2, 0) is 0 Å². The predicted octanol–water partition coefficient (Wildman–Crippen LogP) is 2.50. The van der Waals surface area contributed by atoms with Gasteiger partial charge in [-0.1, -0.05) is 12.1 Å². The van der Waals surface area contributed by atoms with Crippen molar-refractivity contribution >= 4 is 17.9 Å². The van der Waals surface area contributed by atoms with Gasteiger partial charge < -0.3 is 19.4 Å². The van der Waals surface area contributed by atoms with Crippen molar-refractivity contribution in [1.29, 1.82) is 0 Å². The number of carboxylic acids is 1. The number of alkyl halides is 2. The number of aromatic carboxylic acids is 1. The fourth-order valence-electron chi connectivity index (χ4n) is 1.93. The number of nitrogens with zero attached hydrogens (tertiary/aromatic N) is 1. The number of rotatable bonds is 8. The summed E-state index contributed by atoms with van der Waals surface area (Å²) in [6.45, 7) is -0.919. The predicted molar refractivity (Wildman–Crippen MR) is 86.2 cm³/mol. The van der Waals surface area contributed by atoms with Crippen molar-refractivity contribution in [3.8, 4) is 11.5 Å². The highest BCUT2D eigenvalue weighted by Crippen LogP contribution is 2.29. The molecule has 25 heavy (non-hydrogen) atoms. The summed E-state index contributed by atoms with van der Waals surface area (Å²) in [4.78, 5) is 10.7. The maximum Gasteiger partial charge on any atom is 0.387 e. The Morgan fingerprint density at radius 3 is 2.56 bits per heavy atom. The molecule has 132 valence electrons. The van der Waals surface area contributed by atoms with Crippen molar-refractivity contribution in [3.63, 3.8) is 0 Å². The first kappa shape index (κ1) is 18.2. The highest BCUT2D eigenvalue weighted by atomic mass is 19.3. The molecule has 0 aliphatic carbocycles. The summed E-state index contributed by atoms with van der Waals surface area (Å²) in [5.41, 5.74) is 3.96. The number of halogens is 2. The van der Waals surface area contributed by atoms with Crippen molar-refractivity contribution < 1.29 is 28.2 Å². The molecular weight excluding hydrogens is 334 g/mol. The van der Waals surface area contributed by atoms with E-state index in [1.165, 1.54) is 42.6 Å². The molecule has 0 saturated heterocycles. The van der Waals surface area contributed by atoms with Crippen LogP contribution < -0.4 is 20.0 Å². The summed E-state index contributed by atoms with van der Waals surface area (Å²) in [5, 5.41) is 14.7. The van der Waals surface area contributed by atoms with Crippen LogP contribution in [0.5, 0.6) is 11.5 Å². The van der Waals surface area contributed by atoms with E-state index in [4.69, 9.17) is 4.74 Å². The second kappa shape index (κ2) is 8.62. The van der Waals surface area contributed by atoms with Crippen molar-refractivity contribution in [2.45, 2.75) is 13.5 Å². The van der Waals surface area contributed by atoms with Gasteiger partial charge in [0.1, 0.15) is 0 Å². The highest BCUT2D eigenvalue weighted by molar-refractivity contribution is 5.86. The Morgan fingerprint density at radius 1 is 1.24 bits per heavy atom. The van der Waals surface area contributed by atoms with Gasteiger partial charge in [0.05, 0.1) is 24.5 Å². The average molecular weight is 349 g/mol. The van der Waals surface area contributed by atoms with E-state index in [0.717, 1.165) is 0 Å². The molecule has 0 aromatic heterocycles. The molecule has 0 saturated carbocycles. The summed E-state index contributed by atoms with van der Waals surface area (Å²) < 4.78 is 34.4. The van der Waals surface area contributed by atoms with Gasteiger partial charge in [-0.15, -0.1) is 0 Å². The van der Waals surface area contributed by atoms with Gasteiger partial charge in [0.15, 0.2) is 11.5 Å². The van der Waals surface area contributed by atoms with Crippen molar-refractivity contribution in [2.24, 2.45) is 5.10 Å². The first-order valence-corrected chi connectivity index (χ1v) is 7.31. The third-order valence-corrected chi connectivity index (χ3v) is 3.01. The number of hydrogen-bond donors (Lipinski definition) is 1. The fourth-order valence-corrected chi connectivity index (χ4v) is 1.93. The number of nitrogens with one attached hydrogen (secondary N) is 1. The quantitative estimate of drug-likeness (QED) is 0.585. The Morgan fingerprint density at radius 2 is 1.96 bits per heavy atom. The van der Waals surface area contributed by atoms with E-state index in [9.17, 15) is 18.7 Å². The molecule has 0 amide bonds. The van der Waals surface area contributed by atoms with E-state index in [0.29, 0.717) is 17.9 Å². The Labute approximate surface area is 142 Å². The number of carboxylic acid groups (broad SMARTS) is 1. The Bertz CT molecular complexity index is 749. The average Bonchev–Trinajstić information content (AvgIpc) is 2.57. The van der Waals surface area contributed by atoms with Crippen molar-refractivity contribution in [2.75, 3.05) is 12.0 Å². The number of carbonyl (C=O) groups is 1. The zero-order valence-electron chi connectivity index (χ0n) is 13.2. The molecule has 2 aromatic rings. The number of ether oxygens (including phenoxy) is 2. The van der Waals surface area contributed by atoms with Gasteiger partial charge in [-0.2, -0.15) is 13.9 Å². The second-order valence-electron chi connectivity index (χ2n) is 4.75. The molecule has 0 radical (unpaired) electrons. The second-order valence-corrected chi connectivity index (χ2v) is 4.75. The Balaban J connectivity index is 2.06. The lowest BCUT2D eigenvalue weighted by Crippen LogP contribution is -2.21. The van der Waals surface area contributed by atoms with Crippen molar-refractivity contribution in [3.05, 3.63) is 53.6 Å². The maximum atomic E-state index is 12.4. The first-order chi connectivity index (χ1) is 12.0. The minimum Gasteiger partial charge on any atom is -0.545 e. The van der Waals surface area contributed by atoms with Gasteiger partial charge >= 0.3 is 6.61 Å². The summed E-state index contributed by atoms with van der Waals surface area (Å²) in [7, 11) is 0. The Hall–Kier alpha value is -3.16. The van der Waals surface area contributed by atoms with Crippen LogP contribution in [0.25, 0.3) is 0 Å². The maximum absolute atomic E-state index is 12.4. The van der Waals surface area contributed by atoms with Crippen LogP contribution in [0.4, 0.5) is 14.5 Å². The lowest BCUT2D eigenvalue weighted by molar-refractivity contribution is -0.255. The van der Waals surface area contributed by atoms with Gasteiger partial charge in [0, 0.05) is 0 Å². The van der Waals surface area contributed by atoms with E-state index >= 15 is 0 Å². The molecule has 0 atom stereocenters. The lowest BCUT2D eigenvalue weighted by atomic mass is 10.2. The summed E-state index contributed by atoms with van der Waals surface area (Å²) in [6, 6.07) is 10.3. The van der Waals surface area contributed by atoms with Crippen LogP contribution in [0.3, 0.4) is 0 Å². The molecule has 0 spiro atoms. The molecule has 0 bridgehead atoms. The van der Waals surface area contributed by atoms with Gasteiger partial charge in [-0.25, -0.2) is 0 Å². The zero-order chi connectivity index (χ0) is 18.2. The standard InChI is InChI=1S/C17H16F2N2O4/c1-2-24-15-9-11(3-8-14(15)25-17(18)19)10-20-21-13-6-4-12(5-7-13)16(22)23/h3-10,17,21H,2H2,1H3,(H,22,23)/p-1/b20-10-. The SMILES string of the molecule is CCOc1cc(/C=N\Nc2ccc(C(=O)[O-])cc2)ccc1OC(F)F. The van der Waals surface area contributed by atoms with Crippen LogP contribution in [0.15, 0.2) is 47.6 Å². The van der Waals surface area contributed by atoms with Crippen molar-refractivity contribution in [1.82, 2.24) is 0 Å². The van der Waals surface area contributed by atoms with E-state index in [1.807, 2.05) is 0 Å².